The van der Waals surface area contributed by atoms with Crippen LogP contribution in [0.3, 0.4) is 0 Å². The van der Waals surface area contributed by atoms with Crippen LogP contribution in [0.1, 0.15) is 38.1 Å². The first kappa shape index (κ1) is 23.9. The number of hydrogen-bond acceptors (Lipinski definition) is 6. The number of aromatic nitrogens is 2. The lowest BCUT2D eigenvalue weighted by atomic mass is 10.2. The van der Waals surface area contributed by atoms with Crippen LogP contribution in [0.4, 0.5) is 0 Å². The number of hydrogen-bond donors (Lipinski definition) is 1. The molecule has 0 atom stereocenters. The van der Waals surface area contributed by atoms with E-state index in [4.69, 9.17) is 15.2 Å². The van der Waals surface area contributed by atoms with Crippen LogP contribution in [0.2, 0.25) is 0 Å². The maximum atomic E-state index is 13.2. The molecule has 0 radical (unpaired) electrons. The Morgan fingerprint density at radius 3 is 2.59 bits per heavy atom. The van der Waals surface area contributed by atoms with Gasteiger partial charge in [0.2, 0.25) is 0 Å². The number of benzene rings is 2. The van der Waals surface area contributed by atoms with E-state index in [0.29, 0.717) is 44.9 Å². The van der Waals surface area contributed by atoms with Gasteiger partial charge in [0.05, 0.1) is 23.7 Å². The van der Waals surface area contributed by atoms with Crippen molar-refractivity contribution in [1.82, 2.24) is 9.66 Å². The molecule has 10 heteroatoms. The minimum Gasteiger partial charge on any atom is -0.490 e. The minimum atomic E-state index is -0.592. The molecule has 2 N–H and O–H groups in total. The third kappa shape index (κ3) is 5.36. The second-order valence-electron chi connectivity index (χ2n) is 7.16. The smallest absolute Gasteiger partial charge is 0.282 e. The van der Waals surface area contributed by atoms with Crippen molar-refractivity contribution in [3.05, 3.63) is 61.0 Å². The van der Waals surface area contributed by atoms with Crippen LogP contribution in [0.25, 0.3) is 10.9 Å². The molecule has 0 unspecified atom stereocenters. The van der Waals surface area contributed by atoms with E-state index in [1.807, 2.05) is 26.8 Å². The Labute approximate surface area is 201 Å². The number of carbonyl (C=O) groups is 1. The second-order valence-corrected chi connectivity index (χ2v) is 8.93. The van der Waals surface area contributed by atoms with Gasteiger partial charge >= 0.3 is 0 Å². The Kier molecular flexibility index (Phi) is 7.68. The van der Waals surface area contributed by atoms with Crippen molar-refractivity contribution >= 4 is 54.9 Å². The van der Waals surface area contributed by atoms with Crippen LogP contribution < -0.4 is 20.8 Å². The van der Waals surface area contributed by atoms with E-state index in [0.717, 1.165) is 4.47 Å². The van der Waals surface area contributed by atoms with Gasteiger partial charge in [0.1, 0.15) is 5.82 Å². The molecule has 0 aliphatic heterocycles. The zero-order chi connectivity index (χ0) is 23.4. The first-order valence-electron chi connectivity index (χ1n) is 9.85. The lowest BCUT2D eigenvalue weighted by Crippen LogP contribution is -2.23. The minimum absolute atomic E-state index is 0.0279. The number of nitrogens with two attached hydrogens (primary N) is 1. The van der Waals surface area contributed by atoms with Crippen LogP contribution in [0, 0.1) is 0 Å². The average molecular weight is 566 g/mol. The summed E-state index contributed by atoms with van der Waals surface area (Å²) in [4.78, 5) is 28.9. The summed E-state index contributed by atoms with van der Waals surface area (Å²) in [7, 11) is 0. The lowest BCUT2D eigenvalue weighted by molar-refractivity contribution is -0.119. The van der Waals surface area contributed by atoms with Gasteiger partial charge in [0.15, 0.2) is 18.1 Å². The topological polar surface area (TPSA) is 109 Å². The highest BCUT2D eigenvalue weighted by Gasteiger charge is 2.15. The fraction of sp³-hybridized carbons (Fsp3) is 0.273. The Morgan fingerprint density at radius 1 is 1.22 bits per heavy atom. The van der Waals surface area contributed by atoms with Crippen molar-refractivity contribution in [2.24, 2.45) is 10.8 Å². The van der Waals surface area contributed by atoms with Crippen molar-refractivity contribution in [3.63, 3.8) is 0 Å². The Morgan fingerprint density at radius 2 is 1.94 bits per heavy atom. The number of nitrogens with zero attached hydrogens (tertiary/aromatic N) is 3. The third-order valence-electron chi connectivity index (χ3n) is 4.39. The number of amides is 1. The molecule has 0 spiro atoms. The van der Waals surface area contributed by atoms with Gasteiger partial charge in [-0.15, -0.1) is 0 Å². The van der Waals surface area contributed by atoms with Crippen molar-refractivity contribution in [1.29, 1.82) is 0 Å². The summed E-state index contributed by atoms with van der Waals surface area (Å²) in [6, 6.07) is 8.75. The molecule has 0 aliphatic carbocycles. The SMILES string of the molecule is CCOc1cc(C=Nn2c(C(C)C)nc3ccc(Br)cc3c2=O)c(Br)cc1OCC(N)=O. The van der Waals surface area contributed by atoms with E-state index >= 15 is 0 Å². The molecule has 1 amide bonds. The maximum Gasteiger partial charge on any atom is 0.282 e. The van der Waals surface area contributed by atoms with Crippen LogP contribution in [-0.4, -0.2) is 35.0 Å². The Bertz CT molecular complexity index is 1250. The molecule has 168 valence electrons. The van der Waals surface area contributed by atoms with Gasteiger partial charge in [-0.1, -0.05) is 29.8 Å². The molecule has 0 saturated carbocycles. The molecular formula is C22H22Br2N4O4. The van der Waals surface area contributed by atoms with Crippen molar-refractivity contribution in [2.75, 3.05) is 13.2 Å². The van der Waals surface area contributed by atoms with E-state index in [-0.39, 0.29) is 18.1 Å². The summed E-state index contributed by atoms with van der Waals surface area (Å²) in [6.45, 7) is 5.86. The predicted octanol–water partition coefficient (Wildman–Crippen LogP) is 4.19. The normalized spacial score (nSPS) is 11.4. The lowest BCUT2D eigenvalue weighted by Gasteiger charge is -2.14. The number of carbonyl (C=O) groups excluding carboxylic acids is 1. The summed E-state index contributed by atoms with van der Waals surface area (Å²) in [5, 5.41) is 4.91. The molecule has 1 aromatic heterocycles. The van der Waals surface area contributed by atoms with Crippen molar-refractivity contribution < 1.29 is 14.3 Å². The quantitative estimate of drug-likeness (QED) is 0.412. The number of fused-ring (bicyclic) bond motifs is 1. The Balaban J connectivity index is 2.09. The molecule has 3 aromatic rings. The second kappa shape index (κ2) is 10.3. The van der Waals surface area contributed by atoms with Crippen molar-refractivity contribution in [3.8, 4) is 11.5 Å². The summed E-state index contributed by atoms with van der Waals surface area (Å²) >= 11 is 6.88. The van der Waals surface area contributed by atoms with E-state index in [2.05, 4.69) is 41.9 Å². The van der Waals surface area contributed by atoms with Gasteiger partial charge < -0.3 is 15.2 Å². The molecule has 3 rings (SSSR count). The van der Waals surface area contributed by atoms with Crippen molar-refractivity contribution in [2.45, 2.75) is 26.7 Å². The van der Waals surface area contributed by atoms with Gasteiger partial charge in [-0.05, 0) is 53.2 Å². The van der Waals surface area contributed by atoms with Crippen LogP contribution in [0.15, 0.2) is 49.2 Å². The maximum absolute atomic E-state index is 13.2. The van der Waals surface area contributed by atoms with Gasteiger partial charge in [-0.25, -0.2) is 4.98 Å². The molecular weight excluding hydrogens is 544 g/mol. The molecule has 1 heterocycles. The first-order valence-corrected chi connectivity index (χ1v) is 11.4. The Hall–Kier alpha value is -2.72. The zero-order valence-corrected chi connectivity index (χ0v) is 20.9. The third-order valence-corrected chi connectivity index (χ3v) is 5.57. The summed E-state index contributed by atoms with van der Waals surface area (Å²) in [6.07, 6.45) is 1.54. The highest BCUT2D eigenvalue weighted by Crippen LogP contribution is 2.33. The monoisotopic (exact) mass is 564 g/mol. The summed E-state index contributed by atoms with van der Waals surface area (Å²) in [5.74, 6) is 0.719. The van der Waals surface area contributed by atoms with Gasteiger partial charge in [0, 0.05) is 20.4 Å². The standard InChI is InChI=1S/C22H22Br2N4O4/c1-4-31-18-7-13(16(24)9-19(18)32-11-20(25)29)10-26-28-21(12(2)3)27-17-6-5-14(23)8-15(17)22(28)30/h5-10,12H,4,11H2,1-3H3,(H2,25,29). The molecule has 32 heavy (non-hydrogen) atoms. The molecule has 0 aliphatic rings. The van der Waals surface area contributed by atoms with Crippen LogP contribution in [-0.2, 0) is 4.79 Å². The van der Waals surface area contributed by atoms with Gasteiger partial charge in [-0.3, -0.25) is 9.59 Å². The highest BCUT2D eigenvalue weighted by molar-refractivity contribution is 9.10. The van der Waals surface area contributed by atoms with Gasteiger partial charge in [-0.2, -0.15) is 9.78 Å². The molecule has 8 nitrogen and oxygen atoms in total. The fourth-order valence-electron chi connectivity index (χ4n) is 2.95. The van der Waals surface area contributed by atoms with Gasteiger partial charge in [0.25, 0.3) is 11.5 Å². The number of ether oxygens (including phenoxy) is 2. The zero-order valence-electron chi connectivity index (χ0n) is 17.8. The largest absolute Gasteiger partial charge is 0.490 e. The first-order chi connectivity index (χ1) is 15.2. The number of primary amides is 1. The van der Waals surface area contributed by atoms with E-state index in [1.165, 1.54) is 4.68 Å². The van der Waals surface area contributed by atoms with Crippen LogP contribution in [0.5, 0.6) is 11.5 Å². The van der Waals surface area contributed by atoms with E-state index in [9.17, 15) is 9.59 Å². The van der Waals surface area contributed by atoms with E-state index < -0.39 is 5.91 Å². The summed E-state index contributed by atoms with van der Waals surface area (Å²) < 4.78 is 13.8. The molecule has 2 aromatic carbocycles. The fourth-order valence-corrected chi connectivity index (χ4v) is 3.74. The molecule has 0 saturated heterocycles. The highest BCUT2D eigenvalue weighted by atomic mass is 79.9. The molecule has 0 bridgehead atoms. The molecule has 0 fully saturated rings. The number of halogens is 2. The van der Waals surface area contributed by atoms with E-state index in [1.54, 1.807) is 30.5 Å². The average Bonchev–Trinajstić information content (AvgIpc) is 2.73. The predicted molar refractivity (Wildman–Crippen MR) is 131 cm³/mol. The van der Waals surface area contributed by atoms with Crippen LogP contribution >= 0.6 is 31.9 Å². The summed E-state index contributed by atoms with van der Waals surface area (Å²) in [5.41, 5.74) is 6.17. The number of rotatable bonds is 8.